The van der Waals surface area contributed by atoms with Crippen molar-refractivity contribution < 1.29 is 24.2 Å². The van der Waals surface area contributed by atoms with Crippen LogP contribution in [0.3, 0.4) is 0 Å². The molecule has 20 heavy (non-hydrogen) atoms. The maximum absolute atomic E-state index is 11.8. The Balaban J connectivity index is 2.09. The molecule has 0 radical (unpaired) electrons. The van der Waals surface area contributed by atoms with E-state index in [1.54, 1.807) is 12.1 Å². The predicted octanol–water partition coefficient (Wildman–Crippen LogP) is 1.35. The molecule has 1 aromatic carbocycles. The molecule has 0 bridgehead atoms. The first kappa shape index (κ1) is 14.6. The summed E-state index contributed by atoms with van der Waals surface area (Å²) in [7, 11) is 0. The van der Waals surface area contributed by atoms with Crippen LogP contribution in [0.5, 0.6) is 11.5 Å². The number of ether oxygens (including phenoxy) is 2. The molecule has 0 aliphatic carbocycles. The highest BCUT2D eigenvalue weighted by atomic mass is 79.9. The highest BCUT2D eigenvalue weighted by molar-refractivity contribution is 9.10. The fourth-order valence-corrected chi connectivity index (χ4v) is 2.23. The number of rotatable bonds is 4. The lowest BCUT2D eigenvalue weighted by molar-refractivity contribution is -0.141. The molecule has 1 aliphatic heterocycles. The van der Waals surface area contributed by atoms with E-state index in [9.17, 15) is 9.59 Å². The van der Waals surface area contributed by atoms with Gasteiger partial charge in [-0.25, -0.2) is 0 Å². The molecule has 2 N–H and O–H groups in total. The summed E-state index contributed by atoms with van der Waals surface area (Å²) in [6.07, 6.45) is 0.0643. The molecule has 108 valence electrons. The number of halogens is 1. The van der Waals surface area contributed by atoms with E-state index in [1.165, 1.54) is 6.92 Å². The zero-order valence-corrected chi connectivity index (χ0v) is 12.4. The van der Waals surface area contributed by atoms with E-state index in [2.05, 4.69) is 21.2 Å². The van der Waals surface area contributed by atoms with Crippen LogP contribution in [-0.4, -0.2) is 36.2 Å². The molecule has 1 amide bonds. The van der Waals surface area contributed by atoms with Gasteiger partial charge in [-0.3, -0.25) is 9.59 Å². The lowest BCUT2D eigenvalue weighted by Crippen LogP contribution is -2.39. The van der Waals surface area contributed by atoms with Crippen LogP contribution in [0.15, 0.2) is 16.6 Å². The third-order valence-electron chi connectivity index (χ3n) is 2.81. The summed E-state index contributed by atoms with van der Waals surface area (Å²) in [6.45, 7) is 2.38. The summed E-state index contributed by atoms with van der Waals surface area (Å²) in [5.41, 5.74) is 0.712. The highest BCUT2D eigenvalue weighted by Crippen LogP contribution is 2.35. The summed E-state index contributed by atoms with van der Waals surface area (Å²) in [4.78, 5) is 22.5. The van der Waals surface area contributed by atoms with Crippen LogP contribution < -0.4 is 14.8 Å². The number of hydrogen-bond acceptors (Lipinski definition) is 4. The first-order valence-electron chi connectivity index (χ1n) is 6.07. The Morgan fingerprint density at radius 3 is 2.55 bits per heavy atom. The number of carboxylic acids is 1. The molecule has 6 nitrogen and oxygen atoms in total. The van der Waals surface area contributed by atoms with E-state index in [0.717, 1.165) is 4.47 Å². The van der Waals surface area contributed by atoms with Gasteiger partial charge in [0.1, 0.15) is 19.3 Å². The Hall–Kier alpha value is -1.76. The Labute approximate surface area is 124 Å². The van der Waals surface area contributed by atoms with Gasteiger partial charge in [-0.1, -0.05) is 15.9 Å². The van der Waals surface area contributed by atoms with Crippen LogP contribution in [0.2, 0.25) is 0 Å². The van der Waals surface area contributed by atoms with Crippen LogP contribution in [0.4, 0.5) is 0 Å². The van der Waals surface area contributed by atoms with Crippen molar-refractivity contribution in [2.24, 2.45) is 0 Å². The van der Waals surface area contributed by atoms with Gasteiger partial charge >= 0.3 is 5.97 Å². The van der Waals surface area contributed by atoms with E-state index in [0.29, 0.717) is 30.3 Å². The summed E-state index contributed by atoms with van der Waals surface area (Å²) in [5.74, 6) is -0.211. The first-order chi connectivity index (χ1) is 9.47. The van der Waals surface area contributed by atoms with Gasteiger partial charge in [-0.05, 0) is 24.6 Å². The van der Waals surface area contributed by atoms with Crippen molar-refractivity contribution in [1.29, 1.82) is 0 Å². The average molecular weight is 344 g/mol. The maximum atomic E-state index is 11.8. The molecule has 0 saturated carbocycles. The number of hydrogen-bond donors (Lipinski definition) is 2. The second kappa shape index (κ2) is 6.13. The van der Waals surface area contributed by atoms with Gasteiger partial charge in [0.15, 0.2) is 11.5 Å². The Morgan fingerprint density at radius 1 is 1.35 bits per heavy atom. The number of carbonyl (C=O) groups is 2. The summed E-state index contributed by atoms with van der Waals surface area (Å²) < 4.78 is 11.6. The molecule has 0 fully saturated rings. The number of benzene rings is 1. The first-order valence-corrected chi connectivity index (χ1v) is 6.87. The third kappa shape index (κ3) is 3.41. The minimum Gasteiger partial charge on any atom is -0.486 e. The molecular weight excluding hydrogens is 330 g/mol. The monoisotopic (exact) mass is 343 g/mol. The van der Waals surface area contributed by atoms with Crippen molar-refractivity contribution >= 4 is 27.8 Å². The number of carboxylic acid groups (broad SMARTS) is 1. The number of carbonyl (C=O) groups excluding carboxylic acids is 1. The zero-order chi connectivity index (χ0) is 14.7. The van der Waals surface area contributed by atoms with Gasteiger partial charge in [0.25, 0.3) is 0 Å². The third-order valence-corrected chi connectivity index (χ3v) is 3.55. The minimum absolute atomic E-state index is 0.0643. The summed E-state index contributed by atoms with van der Waals surface area (Å²) >= 11 is 3.37. The molecule has 1 unspecified atom stereocenters. The predicted molar refractivity (Wildman–Crippen MR) is 74.1 cm³/mol. The van der Waals surface area contributed by atoms with Gasteiger partial charge < -0.3 is 19.9 Å². The van der Waals surface area contributed by atoms with Crippen molar-refractivity contribution in [2.75, 3.05) is 13.2 Å². The van der Waals surface area contributed by atoms with E-state index >= 15 is 0 Å². The van der Waals surface area contributed by atoms with Crippen LogP contribution in [-0.2, 0) is 16.0 Å². The van der Waals surface area contributed by atoms with Gasteiger partial charge in [-0.15, -0.1) is 0 Å². The standard InChI is InChI=1S/C13H14BrNO5/c1-7(13(17)18)15-12(16)5-8-4-10-11(6-9(8)14)20-3-2-19-10/h4,6-7H,2-3,5H2,1H3,(H,15,16)(H,17,18). The van der Waals surface area contributed by atoms with Crippen LogP contribution in [0.1, 0.15) is 12.5 Å². The number of aliphatic carboxylic acids is 1. The largest absolute Gasteiger partial charge is 0.486 e. The Morgan fingerprint density at radius 2 is 1.95 bits per heavy atom. The lowest BCUT2D eigenvalue weighted by Gasteiger charge is -2.20. The van der Waals surface area contributed by atoms with Gasteiger partial charge in [0, 0.05) is 4.47 Å². The second-order valence-corrected chi connectivity index (χ2v) is 5.25. The van der Waals surface area contributed by atoms with Crippen molar-refractivity contribution in [1.82, 2.24) is 5.32 Å². The molecule has 1 atom stereocenters. The van der Waals surface area contributed by atoms with Crippen LogP contribution in [0.25, 0.3) is 0 Å². The molecule has 0 saturated heterocycles. The van der Waals surface area contributed by atoms with Gasteiger partial charge in [0.05, 0.1) is 6.42 Å². The van der Waals surface area contributed by atoms with E-state index in [-0.39, 0.29) is 12.3 Å². The summed E-state index contributed by atoms with van der Waals surface area (Å²) in [5, 5.41) is 11.2. The van der Waals surface area contributed by atoms with E-state index < -0.39 is 12.0 Å². The van der Waals surface area contributed by atoms with E-state index in [4.69, 9.17) is 14.6 Å². The van der Waals surface area contributed by atoms with Crippen molar-refractivity contribution in [3.63, 3.8) is 0 Å². The number of fused-ring (bicyclic) bond motifs is 1. The van der Waals surface area contributed by atoms with Crippen molar-refractivity contribution in [3.05, 3.63) is 22.2 Å². The summed E-state index contributed by atoms with van der Waals surface area (Å²) in [6, 6.07) is 2.56. The zero-order valence-electron chi connectivity index (χ0n) is 10.8. The maximum Gasteiger partial charge on any atom is 0.325 e. The van der Waals surface area contributed by atoms with Crippen molar-refractivity contribution in [3.8, 4) is 11.5 Å². The smallest absolute Gasteiger partial charge is 0.325 e. The van der Waals surface area contributed by atoms with Gasteiger partial charge in [-0.2, -0.15) is 0 Å². The molecule has 2 rings (SSSR count). The van der Waals surface area contributed by atoms with E-state index in [1.807, 2.05) is 0 Å². The fourth-order valence-electron chi connectivity index (χ4n) is 1.77. The number of amides is 1. The van der Waals surface area contributed by atoms with Crippen LogP contribution >= 0.6 is 15.9 Å². The minimum atomic E-state index is -1.07. The fraction of sp³-hybridized carbons (Fsp3) is 0.385. The lowest BCUT2D eigenvalue weighted by atomic mass is 10.1. The van der Waals surface area contributed by atoms with Gasteiger partial charge in [0.2, 0.25) is 5.91 Å². The number of nitrogens with one attached hydrogen (secondary N) is 1. The van der Waals surface area contributed by atoms with Crippen molar-refractivity contribution in [2.45, 2.75) is 19.4 Å². The molecule has 1 aliphatic rings. The molecule has 0 spiro atoms. The quantitative estimate of drug-likeness (QED) is 0.861. The molecular formula is C13H14BrNO5. The molecule has 7 heteroatoms. The SMILES string of the molecule is CC(NC(=O)Cc1cc2c(cc1Br)OCCO2)C(=O)O. The Kier molecular flexibility index (Phi) is 4.49. The van der Waals surface area contributed by atoms with Crippen LogP contribution in [0, 0.1) is 0 Å². The highest BCUT2D eigenvalue weighted by Gasteiger charge is 2.18. The molecule has 1 aromatic rings. The second-order valence-electron chi connectivity index (χ2n) is 4.39. The normalized spacial score (nSPS) is 14.5. The topological polar surface area (TPSA) is 84.9 Å². The molecule has 1 heterocycles. The Bertz CT molecular complexity index is 546. The molecule has 0 aromatic heterocycles. The average Bonchev–Trinajstić information content (AvgIpc) is 2.39.